The molecule has 0 radical (unpaired) electrons. The molecule has 0 N–H and O–H groups in total. The van der Waals surface area contributed by atoms with Crippen molar-refractivity contribution in [3.05, 3.63) is 39.5 Å². The number of hydrogen-bond donors (Lipinski definition) is 0. The van der Waals surface area contributed by atoms with Crippen LogP contribution in [0.4, 0.5) is 0 Å². The second-order valence-corrected chi connectivity index (χ2v) is 4.44. The first kappa shape index (κ1) is 10.9. The molecule has 2 rings (SSSR count). The molecular weight excluding hydrogens is 277 g/mol. The Hall–Kier alpha value is -0.640. The molecule has 2 nitrogen and oxygen atoms in total. The number of nitrogens with zero attached hydrogens (tertiary/aromatic N) is 1. The van der Waals surface area contributed by atoms with Crippen molar-refractivity contribution in [2.24, 2.45) is 0 Å². The topological polar surface area (TPSA) is 22.1 Å². The van der Waals surface area contributed by atoms with Crippen molar-refractivity contribution in [3.63, 3.8) is 0 Å². The zero-order valence-electron chi connectivity index (χ0n) is 8.13. The van der Waals surface area contributed by atoms with Gasteiger partial charge in [0.05, 0.1) is 21.6 Å². The van der Waals surface area contributed by atoms with Gasteiger partial charge in [0.15, 0.2) is 0 Å². The molecule has 78 valence electrons. The van der Waals surface area contributed by atoms with Gasteiger partial charge in [-0.2, -0.15) is 0 Å². The van der Waals surface area contributed by atoms with Gasteiger partial charge >= 0.3 is 0 Å². The van der Waals surface area contributed by atoms with Crippen molar-refractivity contribution in [2.75, 3.05) is 7.11 Å². The third-order valence-electron chi connectivity index (χ3n) is 2.14. The summed E-state index contributed by atoms with van der Waals surface area (Å²) in [5.74, 6) is 0. The molecule has 0 spiro atoms. The van der Waals surface area contributed by atoms with Crippen molar-refractivity contribution >= 4 is 38.4 Å². The van der Waals surface area contributed by atoms with Gasteiger partial charge in [0.2, 0.25) is 0 Å². The summed E-state index contributed by atoms with van der Waals surface area (Å²) in [5, 5.41) is 1.64. The van der Waals surface area contributed by atoms with Gasteiger partial charge in [-0.3, -0.25) is 4.98 Å². The number of fused-ring (bicyclic) bond motifs is 1. The molecule has 0 saturated heterocycles. The number of methoxy groups -OCH3 is 1. The summed E-state index contributed by atoms with van der Waals surface area (Å²) in [6.45, 7) is 0.582. The van der Waals surface area contributed by atoms with Gasteiger partial charge in [0.1, 0.15) is 0 Å². The Morgan fingerprint density at radius 3 is 3.00 bits per heavy atom. The highest BCUT2D eigenvalue weighted by molar-refractivity contribution is 9.10. The fourth-order valence-electron chi connectivity index (χ4n) is 1.44. The molecule has 0 unspecified atom stereocenters. The summed E-state index contributed by atoms with van der Waals surface area (Å²) >= 11 is 9.52. The Kier molecular flexibility index (Phi) is 3.24. The minimum absolute atomic E-state index is 0.582. The number of aromatic nitrogens is 1. The predicted octanol–water partition coefficient (Wildman–Crippen LogP) is 3.80. The maximum absolute atomic E-state index is 6.17. The quantitative estimate of drug-likeness (QED) is 0.838. The number of ether oxygens (including phenoxy) is 1. The lowest BCUT2D eigenvalue weighted by Gasteiger charge is -2.04. The van der Waals surface area contributed by atoms with Crippen LogP contribution in [0.1, 0.15) is 5.56 Å². The summed E-state index contributed by atoms with van der Waals surface area (Å²) in [5.41, 5.74) is 1.98. The van der Waals surface area contributed by atoms with Crippen LogP contribution in [0, 0.1) is 0 Å². The maximum Gasteiger partial charge on any atom is 0.0718 e. The SMILES string of the molecule is COCc1ccc2ncc(Br)c(Cl)c2c1. The van der Waals surface area contributed by atoms with E-state index in [1.54, 1.807) is 13.3 Å². The lowest BCUT2D eigenvalue weighted by Crippen LogP contribution is -1.89. The van der Waals surface area contributed by atoms with Gasteiger partial charge in [0.25, 0.3) is 0 Å². The molecule has 0 aliphatic rings. The van der Waals surface area contributed by atoms with E-state index < -0.39 is 0 Å². The summed E-state index contributed by atoms with van der Waals surface area (Å²) < 4.78 is 5.88. The third kappa shape index (κ3) is 2.14. The highest BCUT2D eigenvalue weighted by atomic mass is 79.9. The normalized spacial score (nSPS) is 10.9. The van der Waals surface area contributed by atoms with Crippen molar-refractivity contribution in [2.45, 2.75) is 6.61 Å². The Morgan fingerprint density at radius 2 is 2.27 bits per heavy atom. The van der Waals surface area contributed by atoms with Gasteiger partial charge < -0.3 is 4.74 Å². The fourth-order valence-corrected chi connectivity index (χ4v) is 1.96. The minimum atomic E-state index is 0.582. The van der Waals surface area contributed by atoms with Crippen LogP contribution >= 0.6 is 27.5 Å². The monoisotopic (exact) mass is 285 g/mol. The molecule has 0 fully saturated rings. The fraction of sp³-hybridized carbons (Fsp3) is 0.182. The summed E-state index contributed by atoms with van der Waals surface area (Å²) in [6, 6.07) is 5.93. The average Bonchev–Trinajstić information content (AvgIpc) is 2.25. The van der Waals surface area contributed by atoms with Crippen molar-refractivity contribution in [3.8, 4) is 0 Å². The Labute approximate surface area is 101 Å². The lowest BCUT2D eigenvalue weighted by atomic mass is 10.1. The molecule has 0 amide bonds. The molecule has 0 atom stereocenters. The molecule has 4 heteroatoms. The van der Waals surface area contributed by atoms with E-state index in [0.29, 0.717) is 11.6 Å². The van der Waals surface area contributed by atoms with Crippen LogP contribution in [0.25, 0.3) is 10.9 Å². The Morgan fingerprint density at radius 1 is 1.47 bits per heavy atom. The van der Waals surface area contributed by atoms with Crippen LogP contribution in [0.5, 0.6) is 0 Å². The van der Waals surface area contributed by atoms with E-state index in [1.807, 2.05) is 18.2 Å². The zero-order chi connectivity index (χ0) is 10.8. The van der Waals surface area contributed by atoms with Crippen LogP contribution < -0.4 is 0 Å². The molecule has 0 saturated carbocycles. The molecule has 1 aromatic carbocycles. The number of pyridine rings is 1. The second kappa shape index (κ2) is 4.47. The summed E-state index contributed by atoms with van der Waals surface area (Å²) in [6.07, 6.45) is 1.71. The highest BCUT2D eigenvalue weighted by Crippen LogP contribution is 2.29. The largest absolute Gasteiger partial charge is 0.380 e. The van der Waals surface area contributed by atoms with Gasteiger partial charge in [0, 0.05) is 18.7 Å². The van der Waals surface area contributed by atoms with Gasteiger partial charge in [-0.25, -0.2) is 0 Å². The first-order valence-corrected chi connectivity index (χ1v) is 5.61. The van der Waals surface area contributed by atoms with Gasteiger partial charge in [-0.1, -0.05) is 17.7 Å². The standard InChI is InChI=1S/C11H9BrClNO/c1-15-6-7-2-3-10-8(4-7)11(13)9(12)5-14-10/h2-5H,6H2,1H3. The molecule has 0 aliphatic heterocycles. The Bertz CT molecular complexity index is 501. The molecule has 2 aromatic rings. The lowest BCUT2D eigenvalue weighted by molar-refractivity contribution is 0.185. The number of halogens is 2. The smallest absolute Gasteiger partial charge is 0.0718 e. The van der Waals surface area contributed by atoms with E-state index in [1.165, 1.54) is 0 Å². The van der Waals surface area contributed by atoms with Crippen LogP contribution in [0.15, 0.2) is 28.9 Å². The van der Waals surface area contributed by atoms with Crippen LogP contribution in [0.2, 0.25) is 5.02 Å². The molecule has 15 heavy (non-hydrogen) atoms. The van der Waals surface area contributed by atoms with E-state index in [2.05, 4.69) is 20.9 Å². The zero-order valence-corrected chi connectivity index (χ0v) is 10.5. The van der Waals surface area contributed by atoms with E-state index >= 15 is 0 Å². The van der Waals surface area contributed by atoms with Gasteiger partial charge in [-0.15, -0.1) is 0 Å². The first-order chi connectivity index (χ1) is 7.22. The van der Waals surface area contributed by atoms with E-state index in [0.717, 1.165) is 20.9 Å². The van der Waals surface area contributed by atoms with Crippen molar-refractivity contribution in [1.29, 1.82) is 0 Å². The number of hydrogen-bond acceptors (Lipinski definition) is 2. The Balaban J connectivity index is 2.63. The van der Waals surface area contributed by atoms with Crippen LogP contribution in [-0.4, -0.2) is 12.1 Å². The van der Waals surface area contributed by atoms with E-state index in [9.17, 15) is 0 Å². The molecule has 0 bridgehead atoms. The van der Waals surface area contributed by atoms with Crippen molar-refractivity contribution in [1.82, 2.24) is 4.98 Å². The predicted molar refractivity (Wildman–Crippen MR) is 65.2 cm³/mol. The number of rotatable bonds is 2. The third-order valence-corrected chi connectivity index (χ3v) is 3.37. The van der Waals surface area contributed by atoms with Crippen molar-refractivity contribution < 1.29 is 4.74 Å². The molecular formula is C11H9BrClNO. The van der Waals surface area contributed by atoms with E-state index in [4.69, 9.17) is 16.3 Å². The molecule has 1 aromatic heterocycles. The van der Waals surface area contributed by atoms with Crippen LogP contribution in [-0.2, 0) is 11.3 Å². The average molecular weight is 287 g/mol. The molecule has 1 heterocycles. The molecule has 0 aliphatic carbocycles. The van der Waals surface area contributed by atoms with E-state index in [-0.39, 0.29) is 0 Å². The maximum atomic E-state index is 6.17. The summed E-state index contributed by atoms with van der Waals surface area (Å²) in [4.78, 5) is 4.27. The second-order valence-electron chi connectivity index (χ2n) is 3.20. The highest BCUT2D eigenvalue weighted by Gasteiger charge is 2.05. The summed E-state index contributed by atoms with van der Waals surface area (Å²) in [7, 11) is 1.67. The number of benzene rings is 1. The van der Waals surface area contributed by atoms with Gasteiger partial charge in [-0.05, 0) is 33.6 Å². The van der Waals surface area contributed by atoms with Crippen LogP contribution in [0.3, 0.4) is 0 Å². The first-order valence-electron chi connectivity index (χ1n) is 4.44. The minimum Gasteiger partial charge on any atom is -0.380 e.